The molecule has 0 unspecified atom stereocenters. The van der Waals surface area contributed by atoms with E-state index in [0.29, 0.717) is 0 Å². The Hall–Kier alpha value is -0.500. The molecular formula is C7H9BrO. The molecule has 0 atom stereocenters. The molecule has 9 heavy (non-hydrogen) atoms. The Morgan fingerprint density at radius 3 is 2.33 bits per heavy atom. The third-order valence-electron chi connectivity index (χ3n) is 0.621. The SMILES string of the molecule is CO/C=C/C=C/C=C/Br. The average molecular weight is 189 g/mol. The van der Waals surface area contributed by atoms with Gasteiger partial charge >= 0.3 is 0 Å². The third-order valence-corrected chi connectivity index (χ3v) is 0.926. The number of allylic oxidation sites excluding steroid dienone is 4. The molecule has 0 N–H and O–H groups in total. The van der Waals surface area contributed by atoms with Gasteiger partial charge in [0.2, 0.25) is 0 Å². The molecule has 2 heteroatoms. The summed E-state index contributed by atoms with van der Waals surface area (Å²) in [6, 6.07) is 0. The Labute approximate surface area is 63.8 Å². The second-order valence-electron chi connectivity index (χ2n) is 1.27. The predicted octanol–water partition coefficient (Wildman–Crippen LogP) is 2.61. The first-order valence-electron chi connectivity index (χ1n) is 2.53. The summed E-state index contributed by atoms with van der Waals surface area (Å²) < 4.78 is 4.65. The van der Waals surface area contributed by atoms with E-state index in [9.17, 15) is 0 Å². The summed E-state index contributed by atoms with van der Waals surface area (Å²) in [4.78, 5) is 1.78. The van der Waals surface area contributed by atoms with Crippen molar-refractivity contribution in [3.63, 3.8) is 0 Å². The molecule has 0 fully saturated rings. The van der Waals surface area contributed by atoms with Crippen LogP contribution in [0.25, 0.3) is 0 Å². The fourth-order valence-corrected chi connectivity index (χ4v) is 0.470. The van der Waals surface area contributed by atoms with E-state index in [1.165, 1.54) is 0 Å². The van der Waals surface area contributed by atoms with Crippen LogP contribution in [-0.2, 0) is 4.74 Å². The summed E-state index contributed by atoms with van der Waals surface area (Å²) >= 11 is 3.13. The smallest absolute Gasteiger partial charge is 0.0824 e. The molecule has 0 radical (unpaired) electrons. The Morgan fingerprint density at radius 2 is 1.78 bits per heavy atom. The van der Waals surface area contributed by atoms with Crippen LogP contribution in [0.2, 0.25) is 0 Å². The summed E-state index contributed by atoms with van der Waals surface area (Å²) in [5, 5.41) is 0. The molecule has 0 amide bonds. The molecule has 50 valence electrons. The lowest BCUT2D eigenvalue weighted by Gasteiger charge is -1.79. The van der Waals surface area contributed by atoms with Crippen molar-refractivity contribution in [3.05, 3.63) is 35.6 Å². The quantitative estimate of drug-likeness (QED) is 0.489. The van der Waals surface area contributed by atoms with Gasteiger partial charge in [0.25, 0.3) is 0 Å². The van der Waals surface area contributed by atoms with Gasteiger partial charge in [-0.1, -0.05) is 34.2 Å². The van der Waals surface area contributed by atoms with Gasteiger partial charge in [0.05, 0.1) is 13.4 Å². The van der Waals surface area contributed by atoms with E-state index >= 15 is 0 Å². The molecule has 0 aromatic heterocycles. The Balaban J connectivity index is 3.35. The van der Waals surface area contributed by atoms with Crippen LogP contribution in [0.5, 0.6) is 0 Å². The normalized spacial score (nSPS) is 12.2. The first kappa shape index (κ1) is 8.50. The lowest BCUT2D eigenvalue weighted by molar-refractivity contribution is 0.338. The zero-order chi connectivity index (χ0) is 6.95. The van der Waals surface area contributed by atoms with E-state index in [0.717, 1.165) is 0 Å². The highest BCUT2D eigenvalue weighted by Gasteiger charge is 1.59. The van der Waals surface area contributed by atoms with E-state index in [2.05, 4.69) is 20.7 Å². The lowest BCUT2D eigenvalue weighted by Crippen LogP contribution is -1.60. The summed E-state index contributed by atoms with van der Waals surface area (Å²) in [5.41, 5.74) is 0. The number of methoxy groups -OCH3 is 1. The van der Waals surface area contributed by atoms with Crippen molar-refractivity contribution in [3.8, 4) is 0 Å². The second kappa shape index (κ2) is 7.50. The highest BCUT2D eigenvalue weighted by Crippen LogP contribution is 1.84. The molecule has 1 nitrogen and oxygen atoms in total. The molecule has 0 saturated heterocycles. The van der Waals surface area contributed by atoms with Crippen LogP contribution < -0.4 is 0 Å². The van der Waals surface area contributed by atoms with Crippen molar-refractivity contribution in [1.82, 2.24) is 0 Å². The first-order chi connectivity index (χ1) is 4.41. The zero-order valence-electron chi connectivity index (χ0n) is 5.25. The molecule has 0 heterocycles. The summed E-state index contributed by atoms with van der Waals surface area (Å²) in [5.74, 6) is 0. The van der Waals surface area contributed by atoms with Gasteiger partial charge in [-0.05, 0) is 11.1 Å². The molecule has 0 rings (SSSR count). The summed E-state index contributed by atoms with van der Waals surface area (Å²) in [7, 11) is 1.62. The maximum atomic E-state index is 4.65. The maximum Gasteiger partial charge on any atom is 0.0824 e. The molecule has 0 aromatic rings. The fraction of sp³-hybridized carbons (Fsp3) is 0.143. The van der Waals surface area contributed by atoms with Gasteiger partial charge in [-0.15, -0.1) is 0 Å². The molecule has 0 aliphatic heterocycles. The van der Waals surface area contributed by atoms with Gasteiger partial charge in [0.1, 0.15) is 0 Å². The highest BCUT2D eigenvalue weighted by atomic mass is 79.9. The maximum absolute atomic E-state index is 4.65. The van der Waals surface area contributed by atoms with Gasteiger partial charge in [-0.3, -0.25) is 0 Å². The van der Waals surface area contributed by atoms with E-state index in [4.69, 9.17) is 0 Å². The molecule has 0 spiro atoms. The molecular weight excluding hydrogens is 180 g/mol. The van der Waals surface area contributed by atoms with Crippen LogP contribution in [0.3, 0.4) is 0 Å². The van der Waals surface area contributed by atoms with Crippen LogP contribution >= 0.6 is 15.9 Å². The summed E-state index contributed by atoms with van der Waals surface area (Å²) in [6.45, 7) is 0. The van der Waals surface area contributed by atoms with Crippen molar-refractivity contribution >= 4 is 15.9 Å². The van der Waals surface area contributed by atoms with Crippen molar-refractivity contribution in [2.24, 2.45) is 0 Å². The minimum Gasteiger partial charge on any atom is -0.504 e. The van der Waals surface area contributed by atoms with E-state index in [1.54, 1.807) is 18.4 Å². The number of hydrogen-bond acceptors (Lipinski definition) is 1. The zero-order valence-corrected chi connectivity index (χ0v) is 6.84. The first-order valence-corrected chi connectivity index (χ1v) is 3.44. The standard InChI is InChI=1S/C7H9BrO/c1-9-7-5-3-2-4-6-8/h2-7H,1H3/b3-2+,6-4+,7-5+. The Kier molecular flexibility index (Phi) is 7.08. The van der Waals surface area contributed by atoms with E-state index in [-0.39, 0.29) is 0 Å². The molecule has 0 saturated carbocycles. The number of halogens is 1. The molecule has 0 aliphatic rings. The lowest BCUT2D eigenvalue weighted by atomic mass is 10.5. The van der Waals surface area contributed by atoms with Gasteiger partial charge in [0, 0.05) is 0 Å². The third kappa shape index (κ3) is 7.50. The Morgan fingerprint density at radius 1 is 1.11 bits per heavy atom. The number of rotatable bonds is 3. The van der Waals surface area contributed by atoms with Crippen LogP contribution in [-0.4, -0.2) is 7.11 Å². The van der Waals surface area contributed by atoms with E-state index in [1.807, 2.05) is 24.3 Å². The summed E-state index contributed by atoms with van der Waals surface area (Å²) in [6.07, 6.45) is 9.07. The van der Waals surface area contributed by atoms with E-state index < -0.39 is 0 Å². The van der Waals surface area contributed by atoms with Gasteiger partial charge in [-0.2, -0.15) is 0 Å². The Bertz CT molecular complexity index is 125. The van der Waals surface area contributed by atoms with Gasteiger partial charge < -0.3 is 4.74 Å². The van der Waals surface area contributed by atoms with Crippen LogP contribution in [0.4, 0.5) is 0 Å². The molecule has 0 aromatic carbocycles. The van der Waals surface area contributed by atoms with Crippen molar-refractivity contribution < 1.29 is 4.74 Å². The second-order valence-corrected chi connectivity index (χ2v) is 1.80. The largest absolute Gasteiger partial charge is 0.504 e. The minimum atomic E-state index is 1.61. The molecule has 0 aliphatic carbocycles. The monoisotopic (exact) mass is 188 g/mol. The number of hydrogen-bond donors (Lipinski definition) is 0. The average Bonchev–Trinajstić information content (AvgIpc) is 1.89. The van der Waals surface area contributed by atoms with Crippen LogP contribution in [0, 0.1) is 0 Å². The minimum absolute atomic E-state index is 1.61. The van der Waals surface area contributed by atoms with Gasteiger partial charge in [0.15, 0.2) is 0 Å². The van der Waals surface area contributed by atoms with Crippen molar-refractivity contribution in [2.75, 3.05) is 7.11 Å². The van der Waals surface area contributed by atoms with Crippen LogP contribution in [0.15, 0.2) is 35.6 Å². The van der Waals surface area contributed by atoms with Crippen molar-refractivity contribution in [1.29, 1.82) is 0 Å². The molecule has 0 bridgehead atoms. The predicted molar refractivity (Wildman–Crippen MR) is 43.4 cm³/mol. The van der Waals surface area contributed by atoms with Gasteiger partial charge in [-0.25, -0.2) is 0 Å². The van der Waals surface area contributed by atoms with Crippen molar-refractivity contribution in [2.45, 2.75) is 0 Å². The van der Waals surface area contributed by atoms with Crippen LogP contribution in [0.1, 0.15) is 0 Å². The highest BCUT2D eigenvalue weighted by molar-refractivity contribution is 9.11. The topological polar surface area (TPSA) is 9.23 Å². The number of ether oxygens (including phenoxy) is 1. The fourth-order valence-electron chi connectivity index (χ4n) is 0.294.